The second-order valence-electron chi connectivity index (χ2n) is 4.88. The molecule has 0 fully saturated rings. The molecule has 2 N–H and O–H groups in total. The second-order valence-corrected chi connectivity index (χ2v) is 4.88. The lowest BCUT2D eigenvalue weighted by atomic mass is 9.72. The van der Waals surface area contributed by atoms with E-state index in [1.54, 1.807) is 0 Å². The molecule has 124 valence electrons. The summed E-state index contributed by atoms with van der Waals surface area (Å²) in [6.07, 6.45) is 3.02. The standard InChI is InChI=1S/C14H10N2O8/c17-12(18)10-6-3-5-9(14(10,13(19)20)16(23)24)8-4-1-2-7-11(8)15(21)22/h1-7,10H,(H,17,18)(H,19,20). The Morgan fingerprint density at radius 1 is 1.12 bits per heavy atom. The average Bonchev–Trinajstić information content (AvgIpc) is 2.53. The molecule has 0 aromatic heterocycles. The summed E-state index contributed by atoms with van der Waals surface area (Å²) in [6.45, 7) is 0. The van der Waals surface area contributed by atoms with Gasteiger partial charge in [0.15, 0.2) is 5.92 Å². The van der Waals surface area contributed by atoms with Crippen LogP contribution in [0.1, 0.15) is 5.56 Å². The molecule has 0 saturated carbocycles. The van der Waals surface area contributed by atoms with Gasteiger partial charge in [-0.15, -0.1) is 0 Å². The van der Waals surface area contributed by atoms with Gasteiger partial charge in [0, 0.05) is 11.0 Å². The molecule has 0 saturated heterocycles. The molecule has 1 aliphatic carbocycles. The van der Waals surface area contributed by atoms with E-state index < -0.39 is 44.5 Å². The molecule has 1 aromatic carbocycles. The Hall–Kier alpha value is -3.56. The SMILES string of the molecule is O=C(O)C1C=CC=C(c2ccccc2[N+](=O)[O-])C1(C(=O)O)[N+](=O)[O-]. The Kier molecular flexibility index (Phi) is 4.14. The highest BCUT2D eigenvalue weighted by atomic mass is 16.6. The van der Waals surface area contributed by atoms with E-state index in [0.29, 0.717) is 0 Å². The van der Waals surface area contributed by atoms with Crippen LogP contribution in [0.3, 0.4) is 0 Å². The van der Waals surface area contributed by atoms with Crippen LogP contribution in [0.25, 0.3) is 5.57 Å². The number of para-hydroxylation sites is 1. The van der Waals surface area contributed by atoms with E-state index in [2.05, 4.69) is 0 Å². The Morgan fingerprint density at radius 2 is 1.75 bits per heavy atom. The molecule has 10 nitrogen and oxygen atoms in total. The third-order valence-corrected chi connectivity index (χ3v) is 3.70. The molecule has 1 aliphatic rings. The molecule has 2 unspecified atom stereocenters. The number of nitro benzene ring substituents is 1. The lowest BCUT2D eigenvalue weighted by Gasteiger charge is -2.29. The molecule has 0 radical (unpaired) electrons. The number of carboxylic acids is 2. The van der Waals surface area contributed by atoms with Gasteiger partial charge in [0.25, 0.3) is 5.69 Å². The number of nitrogens with zero attached hydrogens (tertiary/aromatic N) is 2. The van der Waals surface area contributed by atoms with Gasteiger partial charge in [-0.25, -0.2) is 4.79 Å². The zero-order valence-corrected chi connectivity index (χ0v) is 11.9. The van der Waals surface area contributed by atoms with E-state index in [-0.39, 0.29) is 5.56 Å². The molecule has 1 aromatic rings. The zero-order chi connectivity index (χ0) is 18.1. The fourth-order valence-corrected chi connectivity index (χ4v) is 2.65. The van der Waals surface area contributed by atoms with Gasteiger partial charge in [-0.2, -0.15) is 0 Å². The summed E-state index contributed by atoms with van der Waals surface area (Å²) in [5.41, 5.74) is -4.53. The summed E-state index contributed by atoms with van der Waals surface area (Å²) < 4.78 is 0. The predicted molar refractivity (Wildman–Crippen MR) is 78.7 cm³/mol. The zero-order valence-electron chi connectivity index (χ0n) is 11.9. The van der Waals surface area contributed by atoms with Crippen molar-refractivity contribution < 1.29 is 29.6 Å². The van der Waals surface area contributed by atoms with E-state index in [0.717, 1.165) is 30.4 Å². The van der Waals surface area contributed by atoms with Crippen molar-refractivity contribution in [2.45, 2.75) is 5.54 Å². The summed E-state index contributed by atoms with van der Waals surface area (Å²) >= 11 is 0. The smallest absolute Gasteiger partial charge is 0.388 e. The summed E-state index contributed by atoms with van der Waals surface area (Å²) in [6, 6.07) is 4.84. The van der Waals surface area contributed by atoms with Crippen LogP contribution in [0, 0.1) is 26.1 Å². The van der Waals surface area contributed by atoms with E-state index in [1.807, 2.05) is 0 Å². The molecule has 2 rings (SSSR count). The lowest BCUT2D eigenvalue weighted by molar-refractivity contribution is -0.542. The molecule has 2 atom stereocenters. The highest BCUT2D eigenvalue weighted by Gasteiger charge is 2.65. The van der Waals surface area contributed by atoms with Crippen LogP contribution in [0.15, 0.2) is 42.5 Å². The van der Waals surface area contributed by atoms with E-state index in [4.69, 9.17) is 0 Å². The molecule has 0 spiro atoms. The second kappa shape index (κ2) is 5.91. The monoisotopic (exact) mass is 334 g/mol. The van der Waals surface area contributed by atoms with Crippen LogP contribution in [0.2, 0.25) is 0 Å². The number of carboxylic acid groups (broad SMARTS) is 2. The Bertz CT molecular complexity index is 797. The fraction of sp³-hybridized carbons (Fsp3) is 0.143. The molecule has 24 heavy (non-hydrogen) atoms. The third kappa shape index (κ3) is 2.29. The minimum Gasteiger partial charge on any atom is -0.481 e. The minimum absolute atomic E-state index is 0.322. The largest absolute Gasteiger partial charge is 0.481 e. The van der Waals surface area contributed by atoms with Gasteiger partial charge in [-0.3, -0.25) is 25.0 Å². The van der Waals surface area contributed by atoms with Crippen LogP contribution in [0.4, 0.5) is 5.69 Å². The molecular weight excluding hydrogens is 324 g/mol. The number of hydrogen-bond acceptors (Lipinski definition) is 6. The molecule has 0 heterocycles. The van der Waals surface area contributed by atoms with Gasteiger partial charge in [-0.05, 0) is 6.07 Å². The number of benzene rings is 1. The first-order chi connectivity index (χ1) is 11.2. The number of aliphatic carboxylic acids is 2. The van der Waals surface area contributed by atoms with Crippen molar-refractivity contribution >= 4 is 23.2 Å². The van der Waals surface area contributed by atoms with Crippen LogP contribution in [-0.2, 0) is 9.59 Å². The van der Waals surface area contributed by atoms with Crippen molar-refractivity contribution in [3.63, 3.8) is 0 Å². The summed E-state index contributed by atoms with van der Waals surface area (Å²) in [5, 5.41) is 41.5. The predicted octanol–water partition coefficient (Wildman–Crippen LogP) is 1.35. The van der Waals surface area contributed by atoms with Crippen molar-refractivity contribution in [3.8, 4) is 0 Å². The number of nitro groups is 2. The van der Waals surface area contributed by atoms with Gasteiger partial charge in [0.1, 0.15) is 0 Å². The first-order valence-corrected chi connectivity index (χ1v) is 6.48. The molecular formula is C14H10N2O8. The number of carbonyl (C=O) groups is 2. The quantitative estimate of drug-likeness (QED) is 0.602. The van der Waals surface area contributed by atoms with Crippen LogP contribution in [0.5, 0.6) is 0 Å². The maximum Gasteiger partial charge on any atom is 0.388 e. The third-order valence-electron chi connectivity index (χ3n) is 3.70. The van der Waals surface area contributed by atoms with Crippen molar-refractivity contribution in [1.29, 1.82) is 0 Å². The van der Waals surface area contributed by atoms with Gasteiger partial charge < -0.3 is 10.2 Å². The van der Waals surface area contributed by atoms with Gasteiger partial charge >= 0.3 is 17.5 Å². The summed E-state index contributed by atoms with van der Waals surface area (Å²) in [4.78, 5) is 43.9. The van der Waals surface area contributed by atoms with Crippen molar-refractivity contribution in [1.82, 2.24) is 0 Å². The van der Waals surface area contributed by atoms with E-state index >= 15 is 0 Å². The summed E-state index contributed by atoms with van der Waals surface area (Å²) in [7, 11) is 0. The number of allylic oxidation sites excluding steroid dienone is 2. The highest BCUT2D eigenvalue weighted by Crippen LogP contribution is 2.43. The molecule has 10 heteroatoms. The normalized spacial score (nSPS) is 22.5. The van der Waals surface area contributed by atoms with E-state index in [1.165, 1.54) is 12.1 Å². The van der Waals surface area contributed by atoms with Crippen molar-refractivity contribution in [3.05, 3.63) is 68.3 Å². The van der Waals surface area contributed by atoms with Crippen LogP contribution in [-0.4, -0.2) is 37.5 Å². The molecule has 0 amide bonds. The van der Waals surface area contributed by atoms with Gasteiger partial charge in [0.05, 0.1) is 16.1 Å². The summed E-state index contributed by atoms with van der Waals surface area (Å²) in [5.74, 6) is -5.77. The molecule has 0 aliphatic heterocycles. The lowest BCUT2D eigenvalue weighted by Crippen LogP contribution is -2.56. The van der Waals surface area contributed by atoms with Crippen molar-refractivity contribution in [2.75, 3.05) is 0 Å². The minimum atomic E-state index is -3.08. The topological polar surface area (TPSA) is 161 Å². The van der Waals surface area contributed by atoms with E-state index in [9.17, 15) is 40.0 Å². The maximum absolute atomic E-state index is 11.7. The Morgan fingerprint density at radius 3 is 2.25 bits per heavy atom. The van der Waals surface area contributed by atoms with Gasteiger partial charge in [-0.1, -0.05) is 30.4 Å². The highest BCUT2D eigenvalue weighted by molar-refractivity contribution is 6.02. The number of hydrogen-bond donors (Lipinski definition) is 2. The average molecular weight is 334 g/mol. The Balaban J connectivity index is 2.85. The molecule has 0 bridgehead atoms. The fourth-order valence-electron chi connectivity index (χ4n) is 2.65. The van der Waals surface area contributed by atoms with Crippen LogP contribution >= 0.6 is 0 Å². The first-order valence-electron chi connectivity index (χ1n) is 6.48. The maximum atomic E-state index is 11.7. The first kappa shape index (κ1) is 16.8. The Labute approximate surface area is 133 Å². The van der Waals surface area contributed by atoms with Crippen LogP contribution < -0.4 is 0 Å². The van der Waals surface area contributed by atoms with Crippen molar-refractivity contribution in [2.24, 2.45) is 5.92 Å². The van der Waals surface area contributed by atoms with Gasteiger partial charge in [0.2, 0.25) is 0 Å². The number of rotatable bonds is 5.